The van der Waals surface area contributed by atoms with Crippen LogP contribution >= 0.6 is 0 Å². The SMILES string of the molecule is Cc1ccc(NC(=O)N(C)C)c(C(O)(c2ccccc2)c2ccccc2)c1. The Kier molecular flexibility index (Phi) is 5.28. The summed E-state index contributed by atoms with van der Waals surface area (Å²) >= 11 is 0. The second kappa shape index (κ2) is 7.64. The van der Waals surface area contributed by atoms with E-state index in [4.69, 9.17) is 0 Å². The minimum absolute atomic E-state index is 0.247. The van der Waals surface area contributed by atoms with Gasteiger partial charge in [-0.15, -0.1) is 0 Å². The number of hydrogen-bond donors (Lipinski definition) is 2. The zero-order valence-corrected chi connectivity index (χ0v) is 15.8. The first-order valence-electron chi connectivity index (χ1n) is 8.86. The van der Waals surface area contributed by atoms with Crippen molar-refractivity contribution in [1.82, 2.24) is 4.90 Å². The van der Waals surface area contributed by atoms with Crippen LogP contribution in [0.5, 0.6) is 0 Å². The predicted octanol–water partition coefficient (Wildman–Crippen LogP) is 4.37. The van der Waals surface area contributed by atoms with Gasteiger partial charge in [-0.25, -0.2) is 4.79 Å². The molecule has 0 aromatic heterocycles. The lowest BCUT2D eigenvalue weighted by Crippen LogP contribution is -2.33. The molecule has 0 aliphatic rings. The van der Waals surface area contributed by atoms with Crippen LogP contribution in [0.25, 0.3) is 0 Å². The Hall–Kier alpha value is -3.11. The smallest absolute Gasteiger partial charge is 0.321 e. The number of anilines is 1. The summed E-state index contributed by atoms with van der Waals surface area (Å²) in [6.45, 7) is 1.97. The number of nitrogens with zero attached hydrogens (tertiary/aromatic N) is 1. The summed E-state index contributed by atoms with van der Waals surface area (Å²) < 4.78 is 0. The molecule has 0 saturated carbocycles. The van der Waals surface area contributed by atoms with Crippen LogP contribution in [0.3, 0.4) is 0 Å². The molecule has 0 aliphatic carbocycles. The van der Waals surface area contributed by atoms with Crippen LogP contribution in [0.15, 0.2) is 78.9 Å². The van der Waals surface area contributed by atoms with Crippen molar-refractivity contribution in [2.24, 2.45) is 0 Å². The molecule has 4 nitrogen and oxygen atoms in total. The van der Waals surface area contributed by atoms with Crippen LogP contribution in [0.4, 0.5) is 10.5 Å². The molecule has 0 radical (unpaired) electrons. The summed E-state index contributed by atoms with van der Waals surface area (Å²) in [6, 6.07) is 24.4. The van der Waals surface area contributed by atoms with Crippen LogP contribution in [0.1, 0.15) is 22.3 Å². The Morgan fingerprint density at radius 1 is 0.889 bits per heavy atom. The van der Waals surface area contributed by atoms with Gasteiger partial charge >= 0.3 is 6.03 Å². The lowest BCUT2D eigenvalue weighted by molar-refractivity contribution is 0.126. The molecule has 4 heteroatoms. The van der Waals surface area contributed by atoms with E-state index in [9.17, 15) is 9.90 Å². The number of aliphatic hydroxyl groups is 1. The third-order valence-electron chi connectivity index (χ3n) is 4.60. The second-order valence-corrected chi connectivity index (χ2v) is 6.82. The number of aryl methyl sites for hydroxylation is 1. The van der Waals surface area contributed by atoms with E-state index in [2.05, 4.69) is 5.32 Å². The number of benzene rings is 3. The first kappa shape index (κ1) is 18.7. The van der Waals surface area contributed by atoms with E-state index in [-0.39, 0.29) is 6.03 Å². The highest BCUT2D eigenvalue weighted by Gasteiger charge is 2.36. The molecule has 0 heterocycles. The van der Waals surface area contributed by atoms with Gasteiger partial charge in [0.15, 0.2) is 0 Å². The van der Waals surface area contributed by atoms with Gasteiger partial charge in [-0.1, -0.05) is 78.4 Å². The zero-order chi connectivity index (χ0) is 19.4. The minimum atomic E-state index is -1.40. The normalized spacial score (nSPS) is 11.1. The Bertz CT molecular complexity index is 882. The van der Waals surface area contributed by atoms with Crippen LogP contribution in [-0.4, -0.2) is 30.1 Å². The van der Waals surface area contributed by atoms with Crippen molar-refractivity contribution in [3.63, 3.8) is 0 Å². The topological polar surface area (TPSA) is 52.6 Å². The molecule has 0 spiro atoms. The van der Waals surface area contributed by atoms with Gasteiger partial charge in [0, 0.05) is 25.3 Å². The fourth-order valence-corrected chi connectivity index (χ4v) is 3.13. The molecule has 0 unspecified atom stereocenters. The van der Waals surface area contributed by atoms with Crippen molar-refractivity contribution in [1.29, 1.82) is 0 Å². The molecule has 3 rings (SSSR count). The van der Waals surface area contributed by atoms with Crippen molar-refractivity contribution in [2.45, 2.75) is 12.5 Å². The number of amides is 2. The van der Waals surface area contributed by atoms with Crippen molar-refractivity contribution in [3.05, 3.63) is 101 Å². The predicted molar refractivity (Wildman–Crippen MR) is 109 cm³/mol. The Morgan fingerprint density at radius 2 is 1.41 bits per heavy atom. The number of hydrogen-bond acceptors (Lipinski definition) is 2. The molecule has 0 saturated heterocycles. The summed E-state index contributed by atoms with van der Waals surface area (Å²) in [5.41, 5.74) is 2.29. The molecule has 0 aliphatic heterocycles. The lowest BCUT2D eigenvalue weighted by atomic mass is 9.79. The molecule has 0 fully saturated rings. The fraction of sp³-hybridized carbons (Fsp3) is 0.174. The summed E-state index contributed by atoms with van der Waals surface area (Å²) in [5.74, 6) is 0. The van der Waals surface area contributed by atoms with Gasteiger partial charge in [0.1, 0.15) is 5.60 Å². The highest BCUT2D eigenvalue weighted by atomic mass is 16.3. The molecule has 2 amide bonds. The number of nitrogens with one attached hydrogen (secondary N) is 1. The maximum absolute atomic E-state index is 12.3. The number of carbonyl (C=O) groups excluding carboxylic acids is 1. The number of rotatable bonds is 4. The first-order valence-corrected chi connectivity index (χ1v) is 8.86. The molecular weight excluding hydrogens is 336 g/mol. The summed E-state index contributed by atoms with van der Waals surface area (Å²) in [7, 11) is 3.37. The summed E-state index contributed by atoms with van der Waals surface area (Å²) in [6.07, 6.45) is 0. The Labute approximate surface area is 160 Å². The Morgan fingerprint density at radius 3 is 1.89 bits per heavy atom. The average molecular weight is 360 g/mol. The zero-order valence-electron chi connectivity index (χ0n) is 15.8. The van der Waals surface area contributed by atoms with E-state index in [1.165, 1.54) is 4.90 Å². The van der Waals surface area contributed by atoms with Gasteiger partial charge in [-0.05, 0) is 24.1 Å². The van der Waals surface area contributed by atoms with Crippen LogP contribution in [-0.2, 0) is 5.60 Å². The molecule has 0 bridgehead atoms. The van der Waals surface area contributed by atoms with Crippen LogP contribution in [0.2, 0.25) is 0 Å². The number of urea groups is 1. The molecule has 138 valence electrons. The minimum Gasteiger partial charge on any atom is -0.376 e. The molecule has 2 N–H and O–H groups in total. The summed E-state index contributed by atoms with van der Waals surface area (Å²) in [5, 5.41) is 14.9. The standard InChI is InChI=1S/C23H24N2O2/c1-17-14-15-21(24-22(26)25(2)3)20(16-17)23(27,18-10-6-4-7-11-18)19-12-8-5-9-13-19/h4-16,27H,1-3H3,(H,24,26). The lowest BCUT2D eigenvalue weighted by Gasteiger charge is -2.32. The first-order chi connectivity index (χ1) is 12.9. The maximum Gasteiger partial charge on any atom is 0.321 e. The van der Waals surface area contributed by atoms with E-state index >= 15 is 0 Å². The van der Waals surface area contributed by atoms with E-state index in [1.54, 1.807) is 14.1 Å². The average Bonchev–Trinajstić information content (AvgIpc) is 2.70. The molecule has 27 heavy (non-hydrogen) atoms. The molecule has 3 aromatic carbocycles. The third-order valence-corrected chi connectivity index (χ3v) is 4.60. The van der Waals surface area contributed by atoms with Crippen molar-refractivity contribution < 1.29 is 9.90 Å². The monoisotopic (exact) mass is 360 g/mol. The summed E-state index contributed by atoms with van der Waals surface area (Å²) in [4.78, 5) is 13.7. The van der Waals surface area contributed by atoms with Crippen LogP contribution < -0.4 is 5.32 Å². The highest BCUT2D eigenvalue weighted by Crippen LogP contribution is 2.40. The third kappa shape index (κ3) is 3.71. The van der Waals surface area contributed by atoms with Gasteiger partial charge in [-0.3, -0.25) is 0 Å². The Balaban J connectivity index is 2.25. The fourth-order valence-electron chi connectivity index (χ4n) is 3.13. The van der Waals surface area contributed by atoms with E-state index < -0.39 is 5.60 Å². The van der Waals surface area contributed by atoms with Gasteiger partial charge in [0.05, 0.1) is 0 Å². The largest absolute Gasteiger partial charge is 0.376 e. The van der Waals surface area contributed by atoms with Gasteiger partial charge in [-0.2, -0.15) is 0 Å². The van der Waals surface area contributed by atoms with Gasteiger partial charge in [0.2, 0.25) is 0 Å². The number of carbonyl (C=O) groups is 1. The van der Waals surface area contributed by atoms with E-state index in [0.717, 1.165) is 16.7 Å². The van der Waals surface area contributed by atoms with Crippen LogP contribution in [0, 0.1) is 6.92 Å². The second-order valence-electron chi connectivity index (χ2n) is 6.82. The quantitative estimate of drug-likeness (QED) is 0.679. The van der Waals surface area contributed by atoms with E-state index in [1.807, 2.05) is 85.8 Å². The molecule has 3 aromatic rings. The molecular formula is C23H24N2O2. The van der Waals surface area contributed by atoms with Gasteiger partial charge in [0.25, 0.3) is 0 Å². The highest BCUT2D eigenvalue weighted by molar-refractivity contribution is 5.90. The van der Waals surface area contributed by atoms with Crippen molar-refractivity contribution in [3.8, 4) is 0 Å². The maximum atomic E-state index is 12.3. The van der Waals surface area contributed by atoms with Gasteiger partial charge < -0.3 is 15.3 Å². The molecule has 0 atom stereocenters. The van der Waals surface area contributed by atoms with Crippen molar-refractivity contribution >= 4 is 11.7 Å². The van der Waals surface area contributed by atoms with Crippen molar-refractivity contribution in [2.75, 3.05) is 19.4 Å². The van der Waals surface area contributed by atoms with E-state index in [0.29, 0.717) is 11.3 Å².